The standard InChI is InChI=1S/C12H14N4/c1-9(2)14-8-12-15-10(7-13)11-5-3-4-6-16(11)12/h3-6,9,14H,8H2,1-2H3. The molecule has 4 nitrogen and oxygen atoms in total. The molecule has 0 fully saturated rings. The summed E-state index contributed by atoms with van der Waals surface area (Å²) in [5, 5.41) is 12.3. The van der Waals surface area contributed by atoms with Crippen LogP contribution in [-0.2, 0) is 6.54 Å². The van der Waals surface area contributed by atoms with Gasteiger partial charge < -0.3 is 9.72 Å². The molecule has 2 rings (SSSR count). The lowest BCUT2D eigenvalue weighted by Crippen LogP contribution is -2.23. The first-order valence-corrected chi connectivity index (χ1v) is 5.32. The van der Waals surface area contributed by atoms with Crippen LogP contribution >= 0.6 is 0 Å². The van der Waals surface area contributed by atoms with Gasteiger partial charge in [0, 0.05) is 12.2 Å². The molecule has 2 aromatic heterocycles. The van der Waals surface area contributed by atoms with E-state index in [-0.39, 0.29) is 0 Å². The maximum Gasteiger partial charge on any atom is 0.166 e. The van der Waals surface area contributed by atoms with Gasteiger partial charge >= 0.3 is 0 Å². The average molecular weight is 214 g/mol. The van der Waals surface area contributed by atoms with Gasteiger partial charge in [-0.25, -0.2) is 4.98 Å². The number of rotatable bonds is 3. The minimum Gasteiger partial charge on any atom is -0.308 e. The SMILES string of the molecule is CC(C)NCc1nc(C#N)c2ccccn12. The lowest BCUT2D eigenvalue weighted by atomic mass is 10.3. The fraction of sp³-hybridized carbons (Fsp3) is 0.333. The zero-order chi connectivity index (χ0) is 11.5. The van der Waals surface area contributed by atoms with Gasteiger partial charge in [0.25, 0.3) is 0 Å². The Labute approximate surface area is 94.5 Å². The number of fused-ring (bicyclic) bond motifs is 1. The topological polar surface area (TPSA) is 53.1 Å². The molecule has 0 aliphatic rings. The van der Waals surface area contributed by atoms with Gasteiger partial charge in [-0.05, 0) is 12.1 Å². The largest absolute Gasteiger partial charge is 0.308 e. The molecule has 2 aromatic rings. The molecule has 2 heterocycles. The number of pyridine rings is 1. The monoisotopic (exact) mass is 214 g/mol. The second-order valence-corrected chi connectivity index (χ2v) is 3.98. The molecular weight excluding hydrogens is 200 g/mol. The van der Waals surface area contributed by atoms with E-state index in [0.29, 0.717) is 18.3 Å². The second kappa shape index (κ2) is 4.33. The molecule has 1 N–H and O–H groups in total. The highest BCUT2D eigenvalue weighted by Gasteiger charge is 2.09. The predicted octanol–water partition coefficient (Wildman–Crippen LogP) is 1.70. The van der Waals surface area contributed by atoms with Crippen LogP contribution in [-0.4, -0.2) is 15.4 Å². The van der Waals surface area contributed by atoms with Crippen LogP contribution in [0, 0.1) is 11.3 Å². The number of nitrogens with zero attached hydrogens (tertiary/aromatic N) is 3. The smallest absolute Gasteiger partial charge is 0.166 e. The highest BCUT2D eigenvalue weighted by molar-refractivity contribution is 5.58. The lowest BCUT2D eigenvalue weighted by Gasteiger charge is -2.06. The predicted molar refractivity (Wildman–Crippen MR) is 61.9 cm³/mol. The normalized spacial score (nSPS) is 10.9. The molecule has 4 heteroatoms. The number of hydrogen-bond acceptors (Lipinski definition) is 3. The van der Waals surface area contributed by atoms with Crippen molar-refractivity contribution >= 4 is 5.52 Å². The maximum absolute atomic E-state index is 8.98. The highest BCUT2D eigenvalue weighted by Crippen LogP contribution is 2.11. The number of hydrogen-bond donors (Lipinski definition) is 1. The van der Waals surface area contributed by atoms with Crippen LogP contribution in [0.5, 0.6) is 0 Å². The van der Waals surface area contributed by atoms with Crippen molar-refractivity contribution < 1.29 is 0 Å². The summed E-state index contributed by atoms with van der Waals surface area (Å²) in [5.74, 6) is 0.876. The minimum absolute atomic E-state index is 0.404. The van der Waals surface area contributed by atoms with Crippen LogP contribution < -0.4 is 5.32 Å². The fourth-order valence-electron chi connectivity index (χ4n) is 1.60. The van der Waals surface area contributed by atoms with Crippen molar-refractivity contribution in [1.29, 1.82) is 5.26 Å². The van der Waals surface area contributed by atoms with Gasteiger partial charge in [0.15, 0.2) is 5.69 Å². The Kier molecular flexibility index (Phi) is 2.88. The summed E-state index contributed by atoms with van der Waals surface area (Å²) in [5.41, 5.74) is 1.35. The summed E-state index contributed by atoms with van der Waals surface area (Å²) in [6.45, 7) is 4.84. The first-order valence-electron chi connectivity index (χ1n) is 5.32. The van der Waals surface area contributed by atoms with Crippen molar-refractivity contribution in [3.8, 4) is 6.07 Å². The number of imidazole rings is 1. The van der Waals surface area contributed by atoms with E-state index < -0.39 is 0 Å². The van der Waals surface area contributed by atoms with Crippen LogP contribution in [0.3, 0.4) is 0 Å². The van der Waals surface area contributed by atoms with Crippen molar-refractivity contribution in [3.05, 3.63) is 35.9 Å². The molecule has 16 heavy (non-hydrogen) atoms. The molecule has 0 aromatic carbocycles. The Morgan fingerprint density at radius 1 is 1.50 bits per heavy atom. The van der Waals surface area contributed by atoms with Gasteiger partial charge in [-0.3, -0.25) is 0 Å². The van der Waals surface area contributed by atoms with E-state index >= 15 is 0 Å². The molecule has 0 saturated heterocycles. The van der Waals surface area contributed by atoms with Crippen LogP contribution in [0.15, 0.2) is 24.4 Å². The summed E-state index contributed by atoms with van der Waals surface area (Å²) in [6.07, 6.45) is 1.93. The zero-order valence-electron chi connectivity index (χ0n) is 9.44. The Balaban J connectivity index is 2.42. The third-order valence-electron chi connectivity index (χ3n) is 2.40. The molecule has 0 aliphatic carbocycles. The molecule has 0 spiro atoms. The number of nitrogens with one attached hydrogen (secondary N) is 1. The van der Waals surface area contributed by atoms with Gasteiger partial charge in [0.05, 0.1) is 12.1 Å². The Morgan fingerprint density at radius 2 is 2.31 bits per heavy atom. The number of aromatic nitrogens is 2. The summed E-state index contributed by atoms with van der Waals surface area (Å²) in [7, 11) is 0. The minimum atomic E-state index is 0.404. The van der Waals surface area contributed by atoms with Crippen molar-refractivity contribution in [2.24, 2.45) is 0 Å². The van der Waals surface area contributed by atoms with E-state index in [0.717, 1.165) is 11.3 Å². The van der Waals surface area contributed by atoms with E-state index in [1.165, 1.54) is 0 Å². The third-order valence-corrected chi connectivity index (χ3v) is 2.40. The van der Waals surface area contributed by atoms with E-state index in [9.17, 15) is 0 Å². The van der Waals surface area contributed by atoms with E-state index in [1.54, 1.807) is 0 Å². The van der Waals surface area contributed by atoms with Gasteiger partial charge in [-0.1, -0.05) is 19.9 Å². The molecule has 0 unspecified atom stereocenters. The molecule has 82 valence electrons. The van der Waals surface area contributed by atoms with E-state index in [1.807, 2.05) is 28.8 Å². The average Bonchev–Trinajstić information content (AvgIpc) is 2.65. The maximum atomic E-state index is 8.98. The third kappa shape index (κ3) is 1.90. The summed E-state index contributed by atoms with van der Waals surface area (Å²) >= 11 is 0. The van der Waals surface area contributed by atoms with Crippen molar-refractivity contribution in [1.82, 2.24) is 14.7 Å². The summed E-state index contributed by atoms with van der Waals surface area (Å²) < 4.78 is 1.95. The second-order valence-electron chi connectivity index (χ2n) is 3.98. The number of nitriles is 1. The highest BCUT2D eigenvalue weighted by atomic mass is 15.1. The Bertz CT molecular complexity index is 533. The molecule has 0 aliphatic heterocycles. The van der Waals surface area contributed by atoms with Crippen LogP contribution in [0.2, 0.25) is 0 Å². The van der Waals surface area contributed by atoms with Crippen molar-refractivity contribution in [2.45, 2.75) is 26.4 Å². The van der Waals surface area contributed by atoms with Crippen LogP contribution in [0.1, 0.15) is 25.4 Å². The van der Waals surface area contributed by atoms with Gasteiger partial charge in [0.1, 0.15) is 11.9 Å². The quantitative estimate of drug-likeness (QED) is 0.846. The molecular formula is C12H14N4. The van der Waals surface area contributed by atoms with Gasteiger partial charge in [-0.15, -0.1) is 0 Å². The van der Waals surface area contributed by atoms with Gasteiger partial charge in [0.2, 0.25) is 0 Å². The van der Waals surface area contributed by atoms with E-state index in [2.05, 4.69) is 30.2 Å². The van der Waals surface area contributed by atoms with Gasteiger partial charge in [-0.2, -0.15) is 5.26 Å². The first-order chi connectivity index (χ1) is 7.72. The Hall–Kier alpha value is -1.86. The molecule has 0 radical (unpaired) electrons. The van der Waals surface area contributed by atoms with Crippen molar-refractivity contribution in [2.75, 3.05) is 0 Å². The first kappa shape index (κ1) is 10.7. The van der Waals surface area contributed by atoms with Crippen molar-refractivity contribution in [3.63, 3.8) is 0 Å². The molecule has 0 bridgehead atoms. The summed E-state index contributed by atoms with van der Waals surface area (Å²) in [4.78, 5) is 4.32. The lowest BCUT2D eigenvalue weighted by molar-refractivity contribution is 0.571. The summed E-state index contributed by atoms with van der Waals surface area (Å²) in [6, 6.07) is 8.28. The molecule has 0 saturated carbocycles. The van der Waals surface area contributed by atoms with E-state index in [4.69, 9.17) is 5.26 Å². The molecule has 0 atom stereocenters. The van der Waals surface area contributed by atoms with Crippen LogP contribution in [0.25, 0.3) is 5.52 Å². The van der Waals surface area contributed by atoms with Crippen LogP contribution in [0.4, 0.5) is 0 Å². The molecule has 0 amide bonds. The zero-order valence-corrected chi connectivity index (χ0v) is 9.44. The Morgan fingerprint density at radius 3 is 3.00 bits per heavy atom. The fourth-order valence-corrected chi connectivity index (χ4v) is 1.60.